The summed E-state index contributed by atoms with van der Waals surface area (Å²) in [6.45, 7) is 3.20. The van der Waals surface area contributed by atoms with Crippen molar-refractivity contribution in [3.05, 3.63) is 35.5 Å². The lowest BCUT2D eigenvalue weighted by molar-refractivity contribution is -0.135. The maximum Gasteiger partial charge on any atom is 0.225 e. The molecule has 24 heavy (non-hydrogen) atoms. The second-order valence-corrected chi connectivity index (χ2v) is 7.14. The van der Waals surface area contributed by atoms with Crippen molar-refractivity contribution in [3.8, 4) is 0 Å². The lowest BCUT2D eigenvalue weighted by Gasteiger charge is -2.36. The lowest BCUT2D eigenvalue weighted by Crippen LogP contribution is -2.50. The van der Waals surface area contributed by atoms with E-state index in [1.54, 1.807) is 0 Å². The van der Waals surface area contributed by atoms with E-state index >= 15 is 0 Å². The van der Waals surface area contributed by atoms with Gasteiger partial charge in [-0.2, -0.15) is 0 Å². The molecule has 2 aliphatic rings. The Balaban J connectivity index is 1.46. The molecule has 0 spiro atoms. The lowest BCUT2D eigenvalue weighted by atomic mass is 10.1. The van der Waals surface area contributed by atoms with Crippen LogP contribution in [0.15, 0.2) is 30.3 Å². The largest absolute Gasteiger partial charge is 0.353 e. The highest BCUT2D eigenvalue weighted by atomic mass is 35.5. The quantitative estimate of drug-likeness (QED) is 0.780. The zero-order valence-electron chi connectivity index (χ0n) is 13.7. The fourth-order valence-electron chi connectivity index (χ4n) is 3.89. The van der Waals surface area contributed by atoms with Gasteiger partial charge in [-0.25, -0.2) is 4.98 Å². The molecule has 5 heteroatoms. The average molecular weight is 344 g/mol. The van der Waals surface area contributed by atoms with Crippen LogP contribution >= 0.6 is 11.6 Å². The highest BCUT2D eigenvalue weighted by Gasteiger charge is 2.29. The Hall–Kier alpha value is -1.81. The summed E-state index contributed by atoms with van der Waals surface area (Å²) in [5, 5.41) is 2.64. The summed E-state index contributed by atoms with van der Waals surface area (Å²) in [7, 11) is 0. The van der Waals surface area contributed by atoms with Crippen molar-refractivity contribution in [2.24, 2.45) is 5.92 Å². The minimum Gasteiger partial charge on any atom is -0.353 e. The summed E-state index contributed by atoms with van der Waals surface area (Å²) in [5.41, 5.74) is 0. The predicted molar refractivity (Wildman–Crippen MR) is 97.5 cm³/mol. The van der Waals surface area contributed by atoms with Crippen LogP contribution in [0, 0.1) is 5.92 Å². The predicted octanol–water partition coefficient (Wildman–Crippen LogP) is 3.73. The van der Waals surface area contributed by atoms with Crippen LogP contribution in [0.5, 0.6) is 0 Å². The van der Waals surface area contributed by atoms with Crippen LogP contribution in [0.25, 0.3) is 10.8 Å². The summed E-state index contributed by atoms with van der Waals surface area (Å²) in [6, 6.07) is 10.1. The maximum atomic E-state index is 12.5. The first-order chi connectivity index (χ1) is 11.7. The van der Waals surface area contributed by atoms with Gasteiger partial charge >= 0.3 is 0 Å². The first kappa shape index (κ1) is 15.7. The number of hydrogen-bond donors (Lipinski definition) is 0. The Morgan fingerprint density at radius 3 is 2.54 bits per heavy atom. The molecule has 4 nitrogen and oxygen atoms in total. The van der Waals surface area contributed by atoms with Crippen LogP contribution in [0.2, 0.25) is 5.15 Å². The molecule has 1 amide bonds. The Morgan fingerprint density at radius 2 is 1.79 bits per heavy atom. The first-order valence-electron chi connectivity index (χ1n) is 8.81. The van der Waals surface area contributed by atoms with E-state index in [0.717, 1.165) is 55.6 Å². The number of carbonyl (C=O) groups is 1. The van der Waals surface area contributed by atoms with Gasteiger partial charge in [0, 0.05) is 37.5 Å². The Labute approximate surface area is 147 Å². The van der Waals surface area contributed by atoms with E-state index in [1.165, 1.54) is 12.8 Å². The number of piperazine rings is 1. The monoisotopic (exact) mass is 343 g/mol. The van der Waals surface area contributed by atoms with Gasteiger partial charge in [0.1, 0.15) is 11.0 Å². The number of anilines is 1. The zero-order chi connectivity index (χ0) is 16.5. The second-order valence-electron chi connectivity index (χ2n) is 6.79. The average Bonchev–Trinajstić information content (AvgIpc) is 3.16. The van der Waals surface area contributed by atoms with Crippen molar-refractivity contribution in [1.82, 2.24) is 9.88 Å². The minimum atomic E-state index is 0.268. The molecule has 0 unspecified atom stereocenters. The number of halogens is 1. The summed E-state index contributed by atoms with van der Waals surface area (Å²) < 4.78 is 0. The van der Waals surface area contributed by atoms with E-state index in [1.807, 2.05) is 23.1 Å². The topological polar surface area (TPSA) is 36.4 Å². The molecule has 1 aromatic carbocycles. The van der Waals surface area contributed by atoms with Crippen LogP contribution in [-0.4, -0.2) is 42.0 Å². The van der Waals surface area contributed by atoms with Crippen molar-refractivity contribution in [1.29, 1.82) is 0 Å². The van der Waals surface area contributed by atoms with Gasteiger partial charge in [-0.1, -0.05) is 48.7 Å². The number of fused-ring (bicyclic) bond motifs is 1. The van der Waals surface area contributed by atoms with Crippen molar-refractivity contribution >= 4 is 34.1 Å². The molecular weight excluding hydrogens is 322 g/mol. The molecule has 0 bridgehead atoms. The van der Waals surface area contributed by atoms with Gasteiger partial charge in [0.15, 0.2) is 0 Å². The molecule has 2 aromatic rings. The van der Waals surface area contributed by atoms with E-state index < -0.39 is 0 Å². The molecule has 2 fully saturated rings. The fraction of sp³-hybridized carbons (Fsp3) is 0.474. The summed E-state index contributed by atoms with van der Waals surface area (Å²) in [4.78, 5) is 21.4. The van der Waals surface area contributed by atoms with E-state index in [4.69, 9.17) is 11.6 Å². The third-order valence-electron chi connectivity index (χ3n) is 5.30. The van der Waals surface area contributed by atoms with Gasteiger partial charge in [-0.15, -0.1) is 0 Å². The summed E-state index contributed by atoms with van der Waals surface area (Å²) >= 11 is 6.34. The first-order valence-corrected chi connectivity index (χ1v) is 9.19. The Bertz CT molecular complexity index is 749. The van der Waals surface area contributed by atoms with Crippen LogP contribution in [0.4, 0.5) is 5.82 Å². The van der Waals surface area contributed by atoms with E-state index in [9.17, 15) is 4.79 Å². The molecule has 1 aromatic heterocycles. The van der Waals surface area contributed by atoms with Crippen LogP contribution in [0.1, 0.15) is 25.7 Å². The highest BCUT2D eigenvalue weighted by molar-refractivity contribution is 6.34. The van der Waals surface area contributed by atoms with Crippen molar-refractivity contribution < 1.29 is 4.79 Å². The van der Waals surface area contributed by atoms with Crippen molar-refractivity contribution in [3.63, 3.8) is 0 Å². The summed E-state index contributed by atoms with van der Waals surface area (Å²) in [6.07, 6.45) is 4.55. The number of carbonyl (C=O) groups excluding carboxylic acids is 1. The van der Waals surface area contributed by atoms with Crippen LogP contribution in [-0.2, 0) is 4.79 Å². The molecule has 1 aliphatic heterocycles. The fourth-order valence-corrected chi connectivity index (χ4v) is 4.15. The van der Waals surface area contributed by atoms with E-state index in [-0.39, 0.29) is 5.92 Å². The standard InChI is InChI=1S/C19H22ClN3O/c20-18-16-8-4-3-7-15(16)13-17(21-18)22-9-11-23(12-10-22)19(24)14-5-1-2-6-14/h3-4,7-8,13-14H,1-2,5-6,9-12H2. The normalized spacial score (nSPS) is 19.2. The van der Waals surface area contributed by atoms with Crippen molar-refractivity contribution in [2.75, 3.05) is 31.1 Å². The molecule has 1 aliphatic carbocycles. The Kier molecular flexibility index (Phi) is 4.31. The minimum absolute atomic E-state index is 0.268. The number of benzene rings is 1. The van der Waals surface area contributed by atoms with E-state index in [2.05, 4.69) is 22.0 Å². The van der Waals surface area contributed by atoms with Gasteiger partial charge in [0.2, 0.25) is 5.91 Å². The van der Waals surface area contributed by atoms with Crippen molar-refractivity contribution in [2.45, 2.75) is 25.7 Å². The van der Waals surface area contributed by atoms with Gasteiger partial charge in [-0.3, -0.25) is 4.79 Å². The molecule has 126 valence electrons. The molecule has 0 radical (unpaired) electrons. The van der Waals surface area contributed by atoms with E-state index in [0.29, 0.717) is 11.1 Å². The number of pyridine rings is 1. The van der Waals surface area contributed by atoms with Gasteiger partial charge in [0.25, 0.3) is 0 Å². The molecule has 2 heterocycles. The molecular formula is C19H22ClN3O. The van der Waals surface area contributed by atoms with Crippen LogP contribution in [0.3, 0.4) is 0 Å². The van der Waals surface area contributed by atoms with Gasteiger partial charge < -0.3 is 9.80 Å². The smallest absolute Gasteiger partial charge is 0.225 e. The number of hydrogen-bond acceptors (Lipinski definition) is 3. The highest BCUT2D eigenvalue weighted by Crippen LogP contribution is 2.29. The zero-order valence-corrected chi connectivity index (χ0v) is 14.5. The molecule has 0 N–H and O–H groups in total. The van der Waals surface area contributed by atoms with Gasteiger partial charge in [-0.05, 0) is 24.3 Å². The second kappa shape index (κ2) is 6.60. The SMILES string of the molecule is O=C(C1CCCC1)N1CCN(c2cc3ccccc3c(Cl)n2)CC1. The molecule has 4 rings (SSSR count). The molecule has 0 atom stereocenters. The maximum absolute atomic E-state index is 12.5. The number of amides is 1. The Morgan fingerprint density at radius 1 is 1.08 bits per heavy atom. The van der Waals surface area contributed by atoms with Gasteiger partial charge in [0.05, 0.1) is 0 Å². The van der Waals surface area contributed by atoms with Crippen LogP contribution < -0.4 is 4.90 Å². The molecule has 1 saturated heterocycles. The third-order valence-corrected chi connectivity index (χ3v) is 5.59. The molecule has 1 saturated carbocycles. The number of aromatic nitrogens is 1. The third kappa shape index (κ3) is 2.95. The number of nitrogens with zero attached hydrogens (tertiary/aromatic N) is 3. The number of rotatable bonds is 2. The summed E-state index contributed by atoms with van der Waals surface area (Å²) in [5.74, 6) is 1.54.